The van der Waals surface area contributed by atoms with Crippen molar-refractivity contribution in [2.24, 2.45) is 15.9 Å². The maximum absolute atomic E-state index is 11.6. The van der Waals surface area contributed by atoms with Crippen molar-refractivity contribution in [3.8, 4) is 0 Å². The third kappa shape index (κ3) is 2.94. The van der Waals surface area contributed by atoms with Gasteiger partial charge in [0.25, 0.3) is 0 Å². The Labute approximate surface area is 123 Å². The van der Waals surface area contributed by atoms with Crippen LogP contribution in [-0.2, 0) is 4.79 Å². The van der Waals surface area contributed by atoms with E-state index >= 15 is 0 Å². The molecule has 1 aliphatic heterocycles. The lowest BCUT2D eigenvalue weighted by Gasteiger charge is -2.03. The van der Waals surface area contributed by atoms with Crippen LogP contribution < -0.4 is 5.32 Å². The van der Waals surface area contributed by atoms with E-state index < -0.39 is 0 Å². The van der Waals surface area contributed by atoms with Crippen molar-refractivity contribution in [3.05, 3.63) is 17.3 Å². The van der Waals surface area contributed by atoms with Crippen LogP contribution in [0.15, 0.2) is 21.8 Å². The molecule has 0 unspecified atom stereocenters. The van der Waals surface area contributed by atoms with E-state index in [1.807, 2.05) is 13.0 Å². The van der Waals surface area contributed by atoms with E-state index in [0.717, 1.165) is 35.9 Å². The van der Waals surface area contributed by atoms with E-state index in [4.69, 9.17) is 0 Å². The van der Waals surface area contributed by atoms with Gasteiger partial charge in [-0.2, -0.15) is 5.10 Å². The van der Waals surface area contributed by atoms with Gasteiger partial charge in [-0.3, -0.25) is 9.79 Å². The van der Waals surface area contributed by atoms with Crippen LogP contribution in [0.1, 0.15) is 31.7 Å². The van der Waals surface area contributed by atoms with Crippen LogP contribution in [0.4, 0.5) is 5.82 Å². The summed E-state index contributed by atoms with van der Waals surface area (Å²) in [6.07, 6.45) is 6.82. The molecule has 2 heterocycles. The Morgan fingerprint density at radius 1 is 1.62 bits per heavy atom. The van der Waals surface area contributed by atoms with Crippen molar-refractivity contribution in [1.29, 1.82) is 0 Å². The Kier molecular flexibility index (Phi) is 3.68. The summed E-state index contributed by atoms with van der Waals surface area (Å²) in [5.41, 5.74) is 1.56. The van der Waals surface area contributed by atoms with Gasteiger partial charge in [-0.15, -0.1) is 0 Å². The highest BCUT2D eigenvalue weighted by Gasteiger charge is 2.21. The SMILES string of the molecule is C=Nc1c(C=C2CCNC2=O)cnn1C(C)=NCC1CC1. The standard InChI is InChI=1S/C15H19N5O/c1-10(18-8-11-3-4-11)20-14(16-2)13(9-19-20)7-12-5-6-17-15(12)21/h7,9,11H,2-6,8H2,1H3,(H,17,21). The summed E-state index contributed by atoms with van der Waals surface area (Å²) < 4.78 is 1.69. The summed E-state index contributed by atoms with van der Waals surface area (Å²) >= 11 is 0. The number of aliphatic imine (C=N–C) groups is 2. The molecule has 1 amide bonds. The zero-order valence-electron chi connectivity index (χ0n) is 12.2. The number of carbonyl (C=O) groups is 1. The molecule has 0 atom stereocenters. The second-order valence-corrected chi connectivity index (χ2v) is 5.50. The molecule has 2 fully saturated rings. The molecule has 1 saturated heterocycles. The minimum absolute atomic E-state index is 0.0168. The zero-order chi connectivity index (χ0) is 14.8. The van der Waals surface area contributed by atoms with Crippen LogP contribution in [0, 0.1) is 5.92 Å². The van der Waals surface area contributed by atoms with Crippen LogP contribution in [-0.4, -0.2) is 41.3 Å². The van der Waals surface area contributed by atoms with E-state index in [2.05, 4.69) is 27.1 Å². The molecule has 0 bridgehead atoms. The first-order valence-corrected chi connectivity index (χ1v) is 7.24. The van der Waals surface area contributed by atoms with E-state index in [1.165, 1.54) is 12.8 Å². The third-order valence-corrected chi connectivity index (χ3v) is 3.80. The normalized spacial score (nSPS) is 20.9. The van der Waals surface area contributed by atoms with Crippen molar-refractivity contribution in [3.63, 3.8) is 0 Å². The monoisotopic (exact) mass is 285 g/mol. The molecule has 2 aliphatic rings. The molecular formula is C15H19N5O. The molecule has 0 aromatic carbocycles. The lowest BCUT2D eigenvalue weighted by Crippen LogP contribution is -2.14. The zero-order valence-corrected chi connectivity index (χ0v) is 12.2. The largest absolute Gasteiger partial charge is 0.352 e. The molecule has 0 spiro atoms. The van der Waals surface area contributed by atoms with Gasteiger partial charge < -0.3 is 5.32 Å². The molecule has 6 nitrogen and oxygen atoms in total. The topological polar surface area (TPSA) is 71.6 Å². The molecule has 1 aromatic heterocycles. The molecule has 110 valence electrons. The molecule has 1 aliphatic carbocycles. The average molecular weight is 285 g/mol. The van der Waals surface area contributed by atoms with Gasteiger partial charge in [0.15, 0.2) is 5.82 Å². The molecular weight excluding hydrogens is 266 g/mol. The van der Waals surface area contributed by atoms with Gasteiger partial charge in [0.1, 0.15) is 5.84 Å². The molecule has 1 saturated carbocycles. The van der Waals surface area contributed by atoms with E-state index in [1.54, 1.807) is 10.9 Å². The number of aromatic nitrogens is 2. The summed E-state index contributed by atoms with van der Waals surface area (Å²) in [5.74, 6) is 2.17. The summed E-state index contributed by atoms with van der Waals surface area (Å²) in [4.78, 5) is 20.2. The molecule has 21 heavy (non-hydrogen) atoms. The molecule has 1 aromatic rings. The van der Waals surface area contributed by atoms with Crippen LogP contribution >= 0.6 is 0 Å². The fourth-order valence-corrected chi connectivity index (χ4v) is 2.34. The predicted molar refractivity (Wildman–Crippen MR) is 83.1 cm³/mol. The minimum atomic E-state index is -0.0168. The van der Waals surface area contributed by atoms with Crippen molar-refractivity contribution in [1.82, 2.24) is 15.1 Å². The quantitative estimate of drug-likeness (QED) is 0.520. The van der Waals surface area contributed by atoms with Crippen molar-refractivity contribution < 1.29 is 4.79 Å². The summed E-state index contributed by atoms with van der Waals surface area (Å²) in [5, 5.41) is 7.12. The first-order chi connectivity index (χ1) is 10.2. The Morgan fingerprint density at radius 3 is 3.05 bits per heavy atom. The predicted octanol–water partition coefficient (Wildman–Crippen LogP) is 1.79. The Balaban J connectivity index is 1.87. The number of hydrogen-bond acceptors (Lipinski definition) is 4. The minimum Gasteiger partial charge on any atom is -0.352 e. The van der Waals surface area contributed by atoms with Crippen LogP contribution in [0.2, 0.25) is 0 Å². The lowest BCUT2D eigenvalue weighted by molar-refractivity contribution is -0.116. The fraction of sp³-hybridized carbons (Fsp3) is 0.467. The summed E-state index contributed by atoms with van der Waals surface area (Å²) in [6.45, 7) is 7.07. The maximum Gasteiger partial charge on any atom is 0.247 e. The second-order valence-electron chi connectivity index (χ2n) is 5.50. The number of rotatable bonds is 4. The average Bonchev–Trinajstić information content (AvgIpc) is 3.10. The molecule has 6 heteroatoms. The Morgan fingerprint density at radius 2 is 2.43 bits per heavy atom. The number of nitrogens with one attached hydrogen (secondary N) is 1. The number of hydrogen-bond donors (Lipinski definition) is 1. The third-order valence-electron chi connectivity index (χ3n) is 3.80. The van der Waals surface area contributed by atoms with Gasteiger partial charge in [-0.05, 0) is 44.9 Å². The summed E-state index contributed by atoms with van der Waals surface area (Å²) in [6, 6.07) is 0. The number of amides is 1. The first-order valence-electron chi connectivity index (χ1n) is 7.24. The highest BCUT2D eigenvalue weighted by molar-refractivity contribution is 6.00. The highest BCUT2D eigenvalue weighted by atomic mass is 16.1. The van der Waals surface area contributed by atoms with Gasteiger partial charge in [-0.1, -0.05) is 0 Å². The van der Waals surface area contributed by atoms with Gasteiger partial charge in [-0.25, -0.2) is 9.67 Å². The van der Waals surface area contributed by atoms with Crippen LogP contribution in [0.25, 0.3) is 6.08 Å². The van der Waals surface area contributed by atoms with Crippen molar-refractivity contribution >= 4 is 30.4 Å². The maximum atomic E-state index is 11.6. The lowest BCUT2D eigenvalue weighted by atomic mass is 10.1. The van der Waals surface area contributed by atoms with Gasteiger partial charge in [0.05, 0.1) is 6.20 Å². The molecule has 1 N–H and O–H groups in total. The summed E-state index contributed by atoms with van der Waals surface area (Å²) in [7, 11) is 0. The number of carbonyl (C=O) groups excluding carboxylic acids is 1. The van der Waals surface area contributed by atoms with E-state index in [-0.39, 0.29) is 5.91 Å². The van der Waals surface area contributed by atoms with E-state index in [0.29, 0.717) is 12.4 Å². The molecule has 0 radical (unpaired) electrons. The Bertz CT molecular complexity index is 636. The first kappa shape index (κ1) is 13.7. The van der Waals surface area contributed by atoms with Gasteiger partial charge in [0.2, 0.25) is 5.91 Å². The van der Waals surface area contributed by atoms with Crippen LogP contribution in [0.3, 0.4) is 0 Å². The highest BCUT2D eigenvalue weighted by Crippen LogP contribution is 2.29. The molecule has 3 rings (SSSR count). The van der Waals surface area contributed by atoms with Gasteiger partial charge >= 0.3 is 0 Å². The Hall–Kier alpha value is -2.24. The second kappa shape index (κ2) is 5.63. The van der Waals surface area contributed by atoms with Crippen molar-refractivity contribution in [2.75, 3.05) is 13.1 Å². The van der Waals surface area contributed by atoms with Crippen LogP contribution in [0.5, 0.6) is 0 Å². The van der Waals surface area contributed by atoms with Gasteiger partial charge in [0, 0.05) is 24.2 Å². The van der Waals surface area contributed by atoms with Crippen molar-refractivity contribution in [2.45, 2.75) is 26.2 Å². The smallest absolute Gasteiger partial charge is 0.247 e. The fourth-order valence-electron chi connectivity index (χ4n) is 2.34. The number of nitrogens with zero attached hydrogens (tertiary/aromatic N) is 4. The van der Waals surface area contributed by atoms with E-state index in [9.17, 15) is 4.79 Å².